The number of anilines is 1. The number of nitrogens with one attached hydrogen (secondary N) is 1. The first kappa shape index (κ1) is 20.8. The van der Waals surface area contributed by atoms with Gasteiger partial charge in [-0.15, -0.1) is 11.3 Å². The predicted molar refractivity (Wildman–Crippen MR) is 118 cm³/mol. The van der Waals surface area contributed by atoms with Crippen LogP contribution in [0.15, 0.2) is 24.4 Å². The molecule has 3 heterocycles. The Balaban J connectivity index is 1.63. The van der Waals surface area contributed by atoms with Crippen LogP contribution in [0.5, 0.6) is 0 Å². The molecular formula is C22H28N4O3S. The van der Waals surface area contributed by atoms with Gasteiger partial charge in [0.2, 0.25) is 5.91 Å². The van der Waals surface area contributed by atoms with Crippen LogP contribution in [0.25, 0.3) is 10.6 Å². The molecule has 0 saturated carbocycles. The quantitative estimate of drug-likeness (QED) is 0.760. The lowest BCUT2D eigenvalue weighted by atomic mass is 9.90. The van der Waals surface area contributed by atoms with Crippen molar-refractivity contribution in [2.45, 2.75) is 58.2 Å². The third-order valence-electron chi connectivity index (χ3n) is 5.95. The van der Waals surface area contributed by atoms with Crippen LogP contribution >= 0.6 is 11.3 Å². The number of aromatic nitrogens is 1. The monoisotopic (exact) mass is 428 g/mol. The Morgan fingerprint density at radius 1 is 1.27 bits per heavy atom. The van der Waals surface area contributed by atoms with Gasteiger partial charge in [0.05, 0.1) is 6.04 Å². The average Bonchev–Trinajstić information content (AvgIpc) is 3.16. The molecule has 1 aromatic heterocycles. The number of likely N-dealkylation sites (tertiary alicyclic amines) is 1. The molecule has 4 rings (SSSR count). The lowest BCUT2D eigenvalue weighted by Crippen LogP contribution is -2.45. The number of carbonyl (C=O) groups excluding carboxylic acids is 1. The third kappa shape index (κ3) is 4.34. The molecule has 1 aromatic carbocycles. The second-order valence-electron chi connectivity index (χ2n) is 8.22. The molecule has 0 radical (unpaired) electrons. The lowest BCUT2D eigenvalue weighted by molar-refractivity contribution is -0.117. The Bertz CT molecular complexity index is 938. The largest absolute Gasteiger partial charge is 0.465 e. The van der Waals surface area contributed by atoms with E-state index < -0.39 is 6.09 Å². The van der Waals surface area contributed by atoms with Gasteiger partial charge < -0.3 is 15.3 Å². The van der Waals surface area contributed by atoms with Crippen LogP contribution in [-0.4, -0.2) is 46.1 Å². The fraction of sp³-hybridized carbons (Fsp3) is 0.500. The Labute approximate surface area is 180 Å². The Hall–Kier alpha value is -2.45. The molecule has 2 aromatic rings. The van der Waals surface area contributed by atoms with Crippen LogP contribution in [0, 0.1) is 0 Å². The van der Waals surface area contributed by atoms with Gasteiger partial charge >= 0.3 is 6.09 Å². The molecule has 7 nitrogen and oxygen atoms in total. The highest BCUT2D eigenvalue weighted by Gasteiger charge is 2.33. The molecule has 0 unspecified atom stereocenters. The molecule has 2 aliphatic rings. The van der Waals surface area contributed by atoms with Gasteiger partial charge in [-0.2, -0.15) is 0 Å². The molecule has 1 saturated heterocycles. The van der Waals surface area contributed by atoms with Crippen molar-refractivity contribution in [2.75, 3.05) is 18.0 Å². The fourth-order valence-electron chi connectivity index (χ4n) is 4.61. The zero-order valence-corrected chi connectivity index (χ0v) is 18.2. The maximum Gasteiger partial charge on any atom is 0.405 e. The summed E-state index contributed by atoms with van der Waals surface area (Å²) >= 11 is 1.68. The van der Waals surface area contributed by atoms with Gasteiger partial charge in [-0.05, 0) is 63.0 Å². The van der Waals surface area contributed by atoms with Crippen LogP contribution in [0.1, 0.15) is 56.0 Å². The lowest BCUT2D eigenvalue weighted by Gasteiger charge is -2.39. The van der Waals surface area contributed by atoms with Crippen molar-refractivity contribution in [2.24, 2.45) is 0 Å². The maximum absolute atomic E-state index is 12.2. The number of fused-ring (bicyclic) bond motifs is 1. The highest BCUT2D eigenvalue weighted by molar-refractivity contribution is 7.15. The molecule has 8 heteroatoms. The van der Waals surface area contributed by atoms with Crippen LogP contribution in [-0.2, 0) is 11.3 Å². The Morgan fingerprint density at radius 2 is 2.03 bits per heavy atom. The highest BCUT2D eigenvalue weighted by atomic mass is 32.1. The number of carboxylic acid groups (broad SMARTS) is 1. The summed E-state index contributed by atoms with van der Waals surface area (Å²) in [5.74, 6) is -0.0386. The van der Waals surface area contributed by atoms with E-state index in [-0.39, 0.29) is 18.0 Å². The van der Waals surface area contributed by atoms with E-state index in [1.165, 1.54) is 24.1 Å². The maximum atomic E-state index is 12.2. The zero-order chi connectivity index (χ0) is 21.3. The first-order valence-corrected chi connectivity index (χ1v) is 11.3. The van der Waals surface area contributed by atoms with Crippen molar-refractivity contribution in [3.63, 3.8) is 0 Å². The minimum Gasteiger partial charge on any atom is -0.465 e. The number of hydrogen-bond donors (Lipinski definition) is 2. The zero-order valence-electron chi connectivity index (χ0n) is 17.4. The summed E-state index contributed by atoms with van der Waals surface area (Å²) in [6.07, 6.45) is 5.28. The summed E-state index contributed by atoms with van der Waals surface area (Å²) in [5.41, 5.74) is 2.56. The van der Waals surface area contributed by atoms with E-state index in [1.54, 1.807) is 23.2 Å². The van der Waals surface area contributed by atoms with Gasteiger partial charge in [-0.1, -0.05) is 6.42 Å². The molecule has 160 valence electrons. The molecule has 2 N–H and O–H groups in total. The number of thiazole rings is 1. The minimum atomic E-state index is -1.06. The number of nitrogens with zero attached hydrogens (tertiary/aromatic N) is 3. The van der Waals surface area contributed by atoms with Gasteiger partial charge in [0.15, 0.2) is 0 Å². The standard InChI is InChI=1S/C22H28N4O3S/c1-14-10-19(24-22(28)29)18-11-16(6-7-20(18)26(14)15(2)27)21-23-12-17(30-21)13-25-8-4-3-5-9-25/h6-7,11-12,14,19,24H,3-5,8-10,13H2,1-2H3,(H,28,29)/t14-,19+/m0/s1. The van der Waals surface area contributed by atoms with E-state index in [1.807, 2.05) is 31.3 Å². The normalized spacial score (nSPS) is 21.9. The van der Waals surface area contributed by atoms with Crippen LogP contribution in [0.3, 0.4) is 0 Å². The van der Waals surface area contributed by atoms with E-state index in [0.29, 0.717) is 6.42 Å². The summed E-state index contributed by atoms with van der Waals surface area (Å²) in [6, 6.07) is 5.46. The van der Waals surface area contributed by atoms with Crippen molar-refractivity contribution < 1.29 is 14.7 Å². The third-order valence-corrected chi connectivity index (χ3v) is 6.98. The van der Waals surface area contributed by atoms with Gasteiger partial charge in [0.25, 0.3) is 0 Å². The van der Waals surface area contributed by atoms with E-state index in [9.17, 15) is 14.7 Å². The molecule has 0 bridgehead atoms. The number of amides is 2. The molecule has 2 amide bonds. The van der Waals surface area contributed by atoms with Gasteiger partial charge in [0, 0.05) is 41.8 Å². The predicted octanol–water partition coefficient (Wildman–Crippen LogP) is 4.25. The van der Waals surface area contributed by atoms with Crippen LogP contribution < -0.4 is 10.2 Å². The number of rotatable bonds is 4. The van der Waals surface area contributed by atoms with Gasteiger partial charge in [0.1, 0.15) is 5.01 Å². The number of benzene rings is 1. The number of carbonyl (C=O) groups is 2. The smallest absolute Gasteiger partial charge is 0.405 e. The van der Waals surface area contributed by atoms with Crippen LogP contribution in [0.4, 0.5) is 10.5 Å². The molecule has 0 aliphatic carbocycles. The minimum absolute atomic E-state index is 0.0386. The molecule has 2 aliphatic heterocycles. The SMILES string of the molecule is CC(=O)N1c2ccc(-c3ncc(CN4CCCCC4)s3)cc2[C@H](NC(=O)O)C[C@@H]1C. The average molecular weight is 429 g/mol. The second kappa shape index (κ2) is 8.73. The van der Waals surface area contributed by atoms with Gasteiger partial charge in [-0.3, -0.25) is 9.69 Å². The second-order valence-corrected chi connectivity index (χ2v) is 9.33. The van der Waals surface area contributed by atoms with Crippen molar-refractivity contribution >= 4 is 29.0 Å². The van der Waals surface area contributed by atoms with E-state index >= 15 is 0 Å². The first-order valence-electron chi connectivity index (χ1n) is 10.5. The molecular weight excluding hydrogens is 400 g/mol. The topological polar surface area (TPSA) is 85.8 Å². The Morgan fingerprint density at radius 3 is 2.73 bits per heavy atom. The molecule has 30 heavy (non-hydrogen) atoms. The van der Waals surface area contributed by atoms with Crippen molar-refractivity contribution in [1.82, 2.24) is 15.2 Å². The fourth-order valence-corrected chi connectivity index (χ4v) is 5.57. The molecule has 2 atom stereocenters. The highest BCUT2D eigenvalue weighted by Crippen LogP contribution is 2.40. The van der Waals surface area contributed by atoms with E-state index in [4.69, 9.17) is 0 Å². The number of hydrogen-bond acceptors (Lipinski definition) is 5. The van der Waals surface area contributed by atoms with Gasteiger partial charge in [-0.25, -0.2) is 9.78 Å². The first-order chi connectivity index (χ1) is 14.4. The summed E-state index contributed by atoms with van der Waals surface area (Å²) < 4.78 is 0. The van der Waals surface area contributed by atoms with Crippen molar-refractivity contribution in [3.8, 4) is 10.6 Å². The number of piperidine rings is 1. The Kier molecular flexibility index (Phi) is 6.06. The van der Waals surface area contributed by atoms with E-state index in [0.717, 1.165) is 41.5 Å². The molecule has 0 spiro atoms. The van der Waals surface area contributed by atoms with E-state index in [2.05, 4.69) is 15.2 Å². The summed E-state index contributed by atoms with van der Waals surface area (Å²) in [4.78, 5) is 33.7. The van der Waals surface area contributed by atoms with Crippen molar-refractivity contribution in [1.29, 1.82) is 0 Å². The summed E-state index contributed by atoms with van der Waals surface area (Å²) in [6.45, 7) is 6.72. The summed E-state index contributed by atoms with van der Waals surface area (Å²) in [5, 5.41) is 12.8. The summed E-state index contributed by atoms with van der Waals surface area (Å²) in [7, 11) is 0. The van der Waals surface area contributed by atoms with Crippen molar-refractivity contribution in [3.05, 3.63) is 34.8 Å². The van der Waals surface area contributed by atoms with Crippen LogP contribution in [0.2, 0.25) is 0 Å². The molecule has 1 fully saturated rings.